The van der Waals surface area contributed by atoms with E-state index in [0.717, 1.165) is 30.6 Å². The fraction of sp³-hybridized carbons (Fsp3) is 0.533. The summed E-state index contributed by atoms with van der Waals surface area (Å²) in [5.74, 6) is 0.0685. The van der Waals surface area contributed by atoms with E-state index in [-0.39, 0.29) is 11.9 Å². The molecule has 1 aliphatic carbocycles. The monoisotopic (exact) mass is 275 g/mol. The second-order valence-electron chi connectivity index (χ2n) is 5.40. The largest absolute Gasteiger partial charge is 0.377 e. The molecule has 3 rings (SSSR count). The van der Waals surface area contributed by atoms with Gasteiger partial charge in [0.15, 0.2) is 0 Å². The van der Waals surface area contributed by atoms with Crippen molar-refractivity contribution in [3.05, 3.63) is 29.8 Å². The van der Waals surface area contributed by atoms with E-state index >= 15 is 0 Å². The molecule has 5 heteroatoms. The van der Waals surface area contributed by atoms with Crippen LogP contribution in [0.5, 0.6) is 0 Å². The SMILES string of the molecule is NCc1ccccc1N1CCOCC1C(=O)NC1CC1. The first-order valence-corrected chi connectivity index (χ1v) is 7.22. The first kappa shape index (κ1) is 13.4. The molecule has 5 nitrogen and oxygen atoms in total. The van der Waals surface area contributed by atoms with Gasteiger partial charge in [0.25, 0.3) is 0 Å². The van der Waals surface area contributed by atoms with E-state index in [1.54, 1.807) is 0 Å². The standard InChI is InChI=1S/C15H21N3O2/c16-9-11-3-1-2-4-13(11)18-7-8-20-10-14(18)15(19)17-12-5-6-12/h1-4,12,14H,5-10,16H2,(H,17,19). The smallest absolute Gasteiger partial charge is 0.245 e. The Morgan fingerprint density at radius 1 is 1.40 bits per heavy atom. The molecule has 1 atom stereocenters. The van der Waals surface area contributed by atoms with Crippen LogP contribution in [0.2, 0.25) is 0 Å². The summed E-state index contributed by atoms with van der Waals surface area (Å²) in [7, 11) is 0. The number of rotatable bonds is 4. The molecule has 0 spiro atoms. The number of ether oxygens (including phenoxy) is 1. The Morgan fingerprint density at radius 2 is 2.20 bits per heavy atom. The Balaban J connectivity index is 1.82. The van der Waals surface area contributed by atoms with Gasteiger partial charge in [0.05, 0.1) is 13.2 Å². The van der Waals surface area contributed by atoms with Gasteiger partial charge in [-0.3, -0.25) is 4.79 Å². The van der Waals surface area contributed by atoms with Crippen molar-refractivity contribution in [2.45, 2.75) is 31.5 Å². The maximum Gasteiger partial charge on any atom is 0.245 e. The van der Waals surface area contributed by atoms with Crippen molar-refractivity contribution in [3.8, 4) is 0 Å². The lowest BCUT2D eigenvalue weighted by Crippen LogP contribution is -2.54. The van der Waals surface area contributed by atoms with Crippen LogP contribution < -0.4 is 16.0 Å². The third-order valence-corrected chi connectivity index (χ3v) is 3.88. The normalized spacial score (nSPS) is 22.6. The quantitative estimate of drug-likeness (QED) is 0.846. The zero-order valence-electron chi connectivity index (χ0n) is 11.5. The third kappa shape index (κ3) is 2.78. The molecule has 1 aromatic rings. The summed E-state index contributed by atoms with van der Waals surface area (Å²) in [6.07, 6.45) is 2.19. The number of anilines is 1. The number of para-hydroxylation sites is 1. The fourth-order valence-corrected chi connectivity index (χ4v) is 2.60. The summed E-state index contributed by atoms with van der Waals surface area (Å²) in [6, 6.07) is 8.13. The van der Waals surface area contributed by atoms with E-state index in [1.165, 1.54) is 0 Å². The van der Waals surface area contributed by atoms with Crippen molar-refractivity contribution in [1.29, 1.82) is 0 Å². The van der Waals surface area contributed by atoms with Crippen LogP contribution in [0, 0.1) is 0 Å². The zero-order valence-corrected chi connectivity index (χ0v) is 11.5. The molecule has 1 saturated carbocycles. The number of hydrogen-bond acceptors (Lipinski definition) is 4. The number of carbonyl (C=O) groups excluding carboxylic acids is 1. The second kappa shape index (κ2) is 5.81. The van der Waals surface area contributed by atoms with Crippen molar-refractivity contribution in [2.24, 2.45) is 5.73 Å². The lowest BCUT2D eigenvalue weighted by atomic mass is 10.1. The summed E-state index contributed by atoms with van der Waals surface area (Å²) in [4.78, 5) is 14.5. The van der Waals surface area contributed by atoms with Gasteiger partial charge in [-0.2, -0.15) is 0 Å². The Bertz CT molecular complexity index is 488. The van der Waals surface area contributed by atoms with Gasteiger partial charge >= 0.3 is 0 Å². The minimum atomic E-state index is -0.253. The van der Waals surface area contributed by atoms with E-state index in [0.29, 0.717) is 25.8 Å². The van der Waals surface area contributed by atoms with Crippen LogP contribution in [-0.4, -0.2) is 37.7 Å². The number of benzene rings is 1. The van der Waals surface area contributed by atoms with Crippen molar-refractivity contribution in [2.75, 3.05) is 24.7 Å². The highest BCUT2D eigenvalue weighted by Gasteiger charge is 2.33. The minimum Gasteiger partial charge on any atom is -0.377 e. The average Bonchev–Trinajstić information content (AvgIpc) is 3.31. The van der Waals surface area contributed by atoms with Crippen LogP contribution in [0.15, 0.2) is 24.3 Å². The van der Waals surface area contributed by atoms with Crippen molar-refractivity contribution in [3.63, 3.8) is 0 Å². The average molecular weight is 275 g/mol. The molecule has 2 fully saturated rings. The Kier molecular flexibility index (Phi) is 3.89. The van der Waals surface area contributed by atoms with Crippen LogP contribution >= 0.6 is 0 Å². The first-order valence-electron chi connectivity index (χ1n) is 7.22. The fourth-order valence-electron chi connectivity index (χ4n) is 2.60. The number of carbonyl (C=O) groups is 1. The molecule has 0 aromatic heterocycles. The number of hydrogen-bond donors (Lipinski definition) is 2. The van der Waals surface area contributed by atoms with E-state index in [9.17, 15) is 4.79 Å². The van der Waals surface area contributed by atoms with E-state index in [2.05, 4.69) is 10.2 Å². The first-order chi connectivity index (χ1) is 9.79. The van der Waals surface area contributed by atoms with E-state index in [1.807, 2.05) is 24.3 Å². The zero-order chi connectivity index (χ0) is 13.9. The molecule has 3 N–H and O–H groups in total. The number of amides is 1. The topological polar surface area (TPSA) is 67.6 Å². The molecular weight excluding hydrogens is 254 g/mol. The van der Waals surface area contributed by atoms with Crippen LogP contribution in [0.3, 0.4) is 0 Å². The van der Waals surface area contributed by atoms with Crippen LogP contribution in [-0.2, 0) is 16.1 Å². The summed E-state index contributed by atoms with van der Waals surface area (Å²) < 4.78 is 5.50. The molecule has 0 radical (unpaired) electrons. The minimum absolute atomic E-state index is 0.0685. The predicted octanol–water partition coefficient (Wildman–Crippen LogP) is 0.629. The molecule has 1 aliphatic heterocycles. The molecule has 1 heterocycles. The number of nitrogens with two attached hydrogens (primary N) is 1. The highest BCUT2D eigenvalue weighted by Crippen LogP contribution is 2.25. The van der Waals surface area contributed by atoms with Crippen molar-refractivity contribution >= 4 is 11.6 Å². The van der Waals surface area contributed by atoms with Crippen LogP contribution in [0.4, 0.5) is 5.69 Å². The molecule has 1 amide bonds. The molecule has 1 aromatic carbocycles. The van der Waals surface area contributed by atoms with Crippen LogP contribution in [0.1, 0.15) is 18.4 Å². The Labute approximate surface area is 119 Å². The van der Waals surface area contributed by atoms with Gasteiger partial charge in [0.2, 0.25) is 5.91 Å². The van der Waals surface area contributed by atoms with Gasteiger partial charge in [-0.05, 0) is 24.5 Å². The predicted molar refractivity (Wildman–Crippen MR) is 77.5 cm³/mol. The lowest BCUT2D eigenvalue weighted by molar-refractivity contribution is -0.124. The highest BCUT2D eigenvalue weighted by atomic mass is 16.5. The van der Waals surface area contributed by atoms with Gasteiger partial charge in [-0.1, -0.05) is 18.2 Å². The van der Waals surface area contributed by atoms with Gasteiger partial charge in [-0.15, -0.1) is 0 Å². The number of nitrogens with zero attached hydrogens (tertiary/aromatic N) is 1. The maximum absolute atomic E-state index is 12.4. The van der Waals surface area contributed by atoms with Gasteiger partial charge in [0, 0.05) is 24.8 Å². The number of nitrogens with one attached hydrogen (secondary N) is 1. The molecule has 20 heavy (non-hydrogen) atoms. The lowest BCUT2D eigenvalue weighted by Gasteiger charge is -2.37. The maximum atomic E-state index is 12.4. The molecule has 1 saturated heterocycles. The van der Waals surface area contributed by atoms with Gasteiger partial charge in [-0.25, -0.2) is 0 Å². The van der Waals surface area contributed by atoms with Crippen molar-refractivity contribution < 1.29 is 9.53 Å². The third-order valence-electron chi connectivity index (χ3n) is 3.88. The highest BCUT2D eigenvalue weighted by molar-refractivity contribution is 5.86. The van der Waals surface area contributed by atoms with Gasteiger partial charge in [0.1, 0.15) is 6.04 Å². The summed E-state index contributed by atoms with van der Waals surface area (Å²) in [6.45, 7) is 2.29. The summed E-state index contributed by atoms with van der Waals surface area (Å²) in [5.41, 5.74) is 7.93. The van der Waals surface area contributed by atoms with E-state index < -0.39 is 0 Å². The summed E-state index contributed by atoms with van der Waals surface area (Å²) >= 11 is 0. The molecule has 2 aliphatic rings. The molecule has 1 unspecified atom stereocenters. The molecular formula is C15H21N3O2. The van der Waals surface area contributed by atoms with E-state index in [4.69, 9.17) is 10.5 Å². The Hall–Kier alpha value is -1.59. The van der Waals surface area contributed by atoms with Gasteiger partial charge < -0.3 is 20.7 Å². The Morgan fingerprint density at radius 3 is 2.95 bits per heavy atom. The molecule has 108 valence electrons. The summed E-state index contributed by atoms with van der Waals surface area (Å²) in [5, 5.41) is 3.07. The second-order valence-corrected chi connectivity index (χ2v) is 5.40. The molecule has 0 bridgehead atoms. The van der Waals surface area contributed by atoms with Crippen molar-refractivity contribution in [1.82, 2.24) is 5.32 Å². The number of morpholine rings is 1. The van der Waals surface area contributed by atoms with Crippen LogP contribution in [0.25, 0.3) is 0 Å².